The van der Waals surface area contributed by atoms with Gasteiger partial charge in [-0.3, -0.25) is 9.59 Å². The van der Waals surface area contributed by atoms with Crippen molar-refractivity contribution in [3.63, 3.8) is 0 Å². The van der Waals surface area contributed by atoms with Gasteiger partial charge < -0.3 is 10.6 Å². The lowest BCUT2D eigenvalue weighted by molar-refractivity contribution is -0.120. The van der Waals surface area contributed by atoms with Crippen LogP contribution in [0.3, 0.4) is 0 Å². The highest BCUT2D eigenvalue weighted by molar-refractivity contribution is 7.92. The molecule has 0 aromatic heterocycles. The largest absolute Gasteiger partial charge is 0.352 e. The van der Waals surface area contributed by atoms with Gasteiger partial charge in [0.05, 0.1) is 17.0 Å². The Labute approximate surface area is 136 Å². The Morgan fingerprint density at radius 1 is 1.22 bits per heavy atom. The van der Waals surface area contributed by atoms with E-state index in [2.05, 4.69) is 10.6 Å². The minimum atomic E-state index is -3.11. The fraction of sp³-hybridized carbons (Fsp3) is 0.500. The molecule has 126 valence electrons. The lowest BCUT2D eigenvalue weighted by Crippen LogP contribution is -2.51. The molecule has 2 amide bonds. The second-order valence-electron chi connectivity index (χ2n) is 6.38. The molecule has 1 unspecified atom stereocenters. The molecule has 7 heteroatoms. The zero-order chi connectivity index (χ0) is 17.1. The number of carbonyl (C=O) groups excluding carboxylic acids is 2. The highest BCUT2D eigenvalue weighted by Gasteiger charge is 2.41. The summed E-state index contributed by atoms with van der Waals surface area (Å²) in [4.78, 5) is 23.8. The van der Waals surface area contributed by atoms with Crippen molar-refractivity contribution >= 4 is 21.7 Å². The monoisotopic (exact) mass is 338 g/mol. The van der Waals surface area contributed by atoms with Crippen LogP contribution in [0.4, 0.5) is 0 Å². The maximum Gasteiger partial charge on any atom is 0.251 e. The zero-order valence-electron chi connectivity index (χ0n) is 13.3. The van der Waals surface area contributed by atoms with Gasteiger partial charge in [-0.1, -0.05) is 18.2 Å². The number of nitrogens with one attached hydrogen (secondary N) is 2. The molecule has 1 heterocycles. The van der Waals surface area contributed by atoms with E-state index in [1.807, 2.05) is 6.07 Å². The minimum absolute atomic E-state index is 0.0708. The van der Waals surface area contributed by atoms with Crippen molar-refractivity contribution in [1.82, 2.24) is 10.6 Å². The van der Waals surface area contributed by atoms with E-state index in [0.29, 0.717) is 18.4 Å². The van der Waals surface area contributed by atoms with Crippen molar-refractivity contribution in [3.8, 4) is 0 Å². The van der Waals surface area contributed by atoms with E-state index in [4.69, 9.17) is 0 Å². The van der Waals surface area contributed by atoms with Gasteiger partial charge in [0.1, 0.15) is 0 Å². The molecule has 1 atom stereocenters. The third kappa shape index (κ3) is 4.31. The Hall–Kier alpha value is -1.89. The quantitative estimate of drug-likeness (QED) is 0.853. The van der Waals surface area contributed by atoms with Crippen LogP contribution in [0.2, 0.25) is 0 Å². The first-order valence-electron chi connectivity index (χ1n) is 7.56. The van der Waals surface area contributed by atoms with Crippen molar-refractivity contribution in [2.45, 2.75) is 37.5 Å². The van der Waals surface area contributed by atoms with Crippen LogP contribution in [-0.4, -0.2) is 43.3 Å². The summed E-state index contributed by atoms with van der Waals surface area (Å²) in [5.74, 6) is -0.553. The molecule has 1 fully saturated rings. The molecule has 1 aliphatic rings. The molecule has 0 spiro atoms. The van der Waals surface area contributed by atoms with Crippen molar-refractivity contribution in [3.05, 3.63) is 35.9 Å². The van der Waals surface area contributed by atoms with E-state index in [1.54, 1.807) is 38.1 Å². The fourth-order valence-electron chi connectivity index (χ4n) is 2.65. The Bertz CT molecular complexity index is 683. The third-order valence-corrected chi connectivity index (χ3v) is 6.75. The lowest BCUT2D eigenvalue weighted by atomic mass is 10.00. The first-order valence-corrected chi connectivity index (χ1v) is 9.21. The number of benzene rings is 1. The number of carbonyl (C=O) groups is 2. The summed E-state index contributed by atoms with van der Waals surface area (Å²) in [6, 6.07) is 8.46. The molecule has 1 saturated heterocycles. The SMILES string of the molecule is CC1(C)CC(NC(=O)CNC(=O)c2ccccc2)CCS1(=O)=O. The predicted octanol–water partition coefficient (Wildman–Crippen LogP) is 0.888. The van der Waals surface area contributed by atoms with Gasteiger partial charge >= 0.3 is 0 Å². The topological polar surface area (TPSA) is 92.3 Å². The van der Waals surface area contributed by atoms with E-state index in [9.17, 15) is 18.0 Å². The zero-order valence-corrected chi connectivity index (χ0v) is 14.2. The molecule has 0 bridgehead atoms. The molecule has 1 aliphatic heterocycles. The van der Waals surface area contributed by atoms with Crippen LogP contribution in [0.5, 0.6) is 0 Å². The van der Waals surface area contributed by atoms with Crippen LogP contribution in [-0.2, 0) is 14.6 Å². The molecular weight excluding hydrogens is 316 g/mol. The second kappa shape index (κ2) is 6.70. The fourth-order valence-corrected chi connectivity index (χ4v) is 4.25. The van der Waals surface area contributed by atoms with Gasteiger partial charge in [-0.2, -0.15) is 0 Å². The second-order valence-corrected chi connectivity index (χ2v) is 9.13. The smallest absolute Gasteiger partial charge is 0.251 e. The van der Waals surface area contributed by atoms with Crippen molar-refractivity contribution in [2.75, 3.05) is 12.3 Å². The molecular formula is C16H22N2O4S. The summed E-state index contributed by atoms with van der Waals surface area (Å²) < 4.78 is 23.0. The van der Waals surface area contributed by atoms with Gasteiger partial charge in [0.15, 0.2) is 9.84 Å². The summed E-state index contributed by atoms with van der Waals surface area (Å²) in [5, 5.41) is 5.36. The van der Waals surface area contributed by atoms with Crippen molar-refractivity contribution in [2.24, 2.45) is 0 Å². The van der Waals surface area contributed by atoms with Gasteiger partial charge in [0.2, 0.25) is 5.91 Å². The Morgan fingerprint density at radius 2 is 1.87 bits per heavy atom. The summed E-state index contributed by atoms with van der Waals surface area (Å²) in [6.07, 6.45) is 0.790. The Kier molecular flexibility index (Phi) is 5.09. The number of rotatable bonds is 4. The minimum Gasteiger partial charge on any atom is -0.352 e. The number of sulfone groups is 1. The third-order valence-electron chi connectivity index (χ3n) is 4.13. The summed E-state index contributed by atoms with van der Waals surface area (Å²) >= 11 is 0. The van der Waals surface area contributed by atoms with Crippen LogP contribution < -0.4 is 10.6 Å². The van der Waals surface area contributed by atoms with E-state index in [-0.39, 0.29) is 30.2 Å². The van der Waals surface area contributed by atoms with E-state index >= 15 is 0 Å². The normalized spacial score (nSPS) is 22.1. The standard InChI is InChI=1S/C16H22N2O4S/c1-16(2)10-13(8-9-23(16,21)22)18-14(19)11-17-15(20)12-6-4-3-5-7-12/h3-7,13H,8-11H2,1-2H3,(H,17,20)(H,18,19). The summed E-state index contributed by atoms with van der Waals surface area (Å²) in [6.45, 7) is 3.23. The maximum absolute atomic E-state index is 11.9. The number of hydrogen-bond donors (Lipinski definition) is 2. The number of hydrogen-bond acceptors (Lipinski definition) is 4. The number of amides is 2. The van der Waals surface area contributed by atoms with Crippen LogP contribution >= 0.6 is 0 Å². The molecule has 23 heavy (non-hydrogen) atoms. The summed E-state index contributed by atoms with van der Waals surface area (Å²) in [7, 11) is -3.11. The molecule has 0 aliphatic carbocycles. The molecule has 1 aromatic rings. The van der Waals surface area contributed by atoms with E-state index in [0.717, 1.165) is 0 Å². The van der Waals surface area contributed by atoms with Crippen LogP contribution in [0.25, 0.3) is 0 Å². The highest BCUT2D eigenvalue weighted by Crippen LogP contribution is 2.30. The van der Waals surface area contributed by atoms with Crippen LogP contribution in [0.15, 0.2) is 30.3 Å². The average molecular weight is 338 g/mol. The van der Waals surface area contributed by atoms with Crippen molar-refractivity contribution in [1.29, 1.82) is 0 Å². The van der Waals surface area contributed by atoms with Gasteiger partial charge in [-0.05, 0) is 38.8 Å². The van der Waals surface area contributed by atoms with E-state index in [1.165, 1.54) is 0 Å². The molecule has 0 saturated carbocycles. The summed E-state index contributed by atoms with van der Waals surface area (Å²) in [5.41, 5.74) is 0.491. The molecule has 2 N–H and O–H groups in total. The van der Waals surface area contributed by atoms with Crippen LogP contribution in [0.1, 0.15) is 37.0 Å². The van der Waals surface area contributed by atoms with Crippen LogP contribution in [0, 0.1) is 0 Å². The van der Waals surface area contributed by atoms with Gasteiger partial charge in [-0.25, -0.2) is 8.42 Å². The van der Waals surface area contributed by atoms with E-state index < -0.39 is 14.6 Å². The Morgan fingerprint density at radius 3 is 2.48 bits per heavy atom. The Balaban J connectivity index is 1.83. The predicted molar refractivity (Wildman–Crippen MR) is 87.8 cm³/mol. The lowest BCUT2D eigenvalue weighted by Gasteiger charge is -2.35. The van der Waals surface area contributed by atoms with Gasteiger partial charge in [0.25, 0.3) is 5.91 Å². The molecule has 0 radical (unpaired) electrons. The first kappa shape index (κ1) is 17.5. The van der Waals surface area contributed by atoms with Crippen molar-refractivity contribution < 1.29 is 18.0 Å². The first-order chi connectivity index (χ1) is 10.7. The van der Waals surface area contributed by atoms with Gasteiger partial charge in [-0.15, -0.1) is 0 Å². The average Bonchev–Trinajstić information content (AvgIpc) is 2.49. The molecule has 1 aromatic carbocycles. The highest BCUT2D eigenvalue weighted by atomic mass is 32.2. The maximum atomic E-state index is 11.9. The molecule has 6 nitrogen and oxygen atoms in total. The molecule has 2 rings (SSSR count). The van der Waals surface area contributed by atoms with Gasteiger partial charge in [0, 0.05) is 11.6 Å².